The molecule has 2 rings (SSSR count). The summed E-state index contributed by atoms with van der Waals surface area (Å²) in [5.41, 5.74) is 0.775. The van der Waals surface area contributed by atoms with Crippen LogP contribution in [-0.4, -0.2) is 16.6 Å². The molecule has 1 N–H and O–H groups in total. The van der Waals surface area contributed by atoms with Gasteiger partial charge in [-0.25, -0.2) is 9.37 Å². The molecular formula is C14H21FN2O. The number of nitrogens with zero attached hydrogens (tertiary/aromatic N) is 1. The lowest BCUT2D eigenvalue weighted by Gasteiger charge is -2.27. The molecule has 1 aliphatic rings. The number of nitrogens with one attached hydrogen (secondary N) is 1. The summed E-state index contributed by atoms with van der Waals surface area (Å²) in [7, 11) is 0. The van der Waals surface area contributed by atoms with Crippen molar-refractivity contribution in [3.05, 3.63) is 23.6 Å². The highest BCUT2D eigenvalue weighted by Crippen LogP contribution is 2.26. The lowest BCUT2D eigenvalue weighted by Crippen LogP contribution is -2.35. The number of halogens is 1. The first-order valence-corrected chi connectivity index (χ1v) is 6.50. The van der Waals surface area contributed by atoms with Crippen LogP contribution in [0.4, 0.5) is 4.39 Å². The van der Waals surface area contributed by atoms with E-state index in [4.69, 9.17) is 4.74 Å². The first-order chi connectivity index (χ1) is 8.44. The summed E-state index contributed by atoms with van der Waals surface area (Å²) in [4.78, 5) is 4.06. The Morgan fingerprint density at radius 2 is 2.17 bits per heavy atom. The van der Waals surface area contributed by atoms with Crippen LogP contribution in [0.2, 0.25) is 0 Å². The molecule has 0 amide bonds. The van der Waals surface area contributed by atoms with E-state index in [-0.39, 0.29) is 17.5 Å². The Labute approximate surface area is 108 Å². The Bertz CT molecular complexity index is 411. The van der Waals surface area contributed by atoms with Crippen LogP contribution in [0.1, 0.15) is 45.6 Å². The number of rotatable bonds is 4. The number of ether oxygens (including phenoxy) is 1. The lowest BCUT2D eigenvalue weighted by atomic mass is 9.96. The minimum Gasteiger partial charge on any atom is -0.474 e. The standard InChI is InChI=1S/C14H21FN2O/c1-14(2,3)17-8-10-7-11(15)9-16-13(10)18-12-5-4-6-12/h7,9,12,17H,4-6,8H2,1-3H3. The van der Waals surface area contributed by atoms with Gasteiger partial charge in [-0.2, -0.15) is 0 Å². The quantitative estimate of drug-likeness (QED) is 0.894. The van der Waals surface area contributed by atoms with Crippen LogP contribution in [0.15, 0.2) is 12.3 Å². The highest BCUT2D eigenvalue weighted by atomic mass is 19.1. The van der Waals surface area contributed by atoms with E-state index >= 15 is 0 Å². The first-order valence-electron chi connectivity index (χ1n) is 6.50. The molecule has 1 fully saturated rings. The largest absolute Gasteiger partial charge is 0.474 e. The maximum absolute atomic E-state index is 13.3. The van der Waals surface area contributed by atoms with E-state index in [2.05, 4.69) is 31.1 Å². The van der Waals surface area contributed by atoms with Crippen LogP contribution in [-0.2, 0) is 6.54 Å². The molecule has 1 aromatic heterocycles. The highest BCUT2D eigenvalue weighted by molar-refractivity contribution is 5.26. The monoisotopic (exact) mass is 252 g/mol. The Hall–Kier alpha value is -1.16. The number of aromatic nitrogens is 1. The van der Waals surface area contributed by atoms with Gasteiger partial charge in [0.1, 0.15) is 11.9 Å². The summed E-state index contributed by atoms with van der Waals surface area (Å²) in [6.45, 7) is 6.79. The first kappa shape index (κ1) is 13.3. The van der Waals surface area contributed by atoms with Crippen molar-refractivity contribution in [3.8, 4) is 5.88 Å². The minimum absolute atomic E-state index is 0.0138. The van der Waals surface area contributed by atoms with Gasteiger partial charge in [-0.1, -0.05) is 0 Å². The summed E-state index contributed by atoms with van der Waals surface area (Å²) in [5, 5.41) is 3.33. The molecule has 1 aliphatic carbocycles. The second-order valence-electron chi connectivity index (χ2n) is 5.89. The Morgan fingerprint density at radius 1 is 1.44 bits per heavy atom. The minimum atomic E-state index is -0.318. The molecule has 1 heterocycles. The van der Waals surface area contributed by atoms with Crippen molar-refractivity contribution < 1.29 is 9.13 Å². The number of pyridine rings is 1. The molecule has 0 aliphatic heterocycles. The molecule has 18 heavy (non-hydrogen) atoms. The molecule has 3 nitrogen and oxygen atoms in total. The maximum Gasteiger partial charge on any atom is 0.218 e. The summed E-state index contributed by atoms with van der Waals surface area (Å²) in [6.07, 6.45) is 4.84. The fourth-order valence-corrected chi connectivity index (χ4v) is 1.71. The average molecular weight is 252 g/mol. The smallest absolute Gasteiger partial charge is 0.218 e. The van der Waals surface area contributed by atoms with Crippen molar-refractivity contribution in [3.63, 3.8) is 0 Å². The summed E-state index contributed by atoms with van der Waals surface area (Å²) in [6, 6.07) is 1.50. The van der Waals surface area contributed by atoms with Gasteiger partial charge in [0.15, 0.2) is 0 Å². The molecule has 0 bridgehead atoms. The van der Waals surface area contributed by atoms with Crippen molar-refractivity contribution in [1.29, 1.82) is 0 Å². The predicted octanol–water partition coefficient (Wildman–Crippen LogP) is 3.04. The van der Waals surface area contributed by atoms with E-state index in [9.17, 15) is 4.39 Å². The van der Waals surface area contributed by atoms with Crippen molar-refractivity contribution in [2.75, 3.05) is 0 Å². The Kier molecular flexibility index (Phi) is 3.85. The van der Waals surface area contributed by atoms with Crippen LogP contribution in [0.5, 0.6) is 5.88 Å². The van der Waals surface area contributed by atoms with E-state index < -0.39 is 0 Å². The Balaban J connectivity index is 2.07. The van der Waals surface area contributed by atoms with Gasteiger partial charge in [-0.05, 0) is 46.1 Å². The van der Waals surface area contributed by atoms with Crippen molar-refractivity contribution in [1.82, 2.24) is 10.3 Å². The molecule has 100 valence electrons. The van der Waals surface area contributed by atoms with Crippen molar-refractivity contribution in [2.24, 2.45) is 0 Å². The SMILES string of the molecule is CC(C)(C)NCc1cc(F)cnc1OC1CCC1. The fraction of sp³-hybridized carbons (Fsp3) is 0.643. The summed E-state index contributed by atoms with van der Waals surface area (Å²) in [5.74, 6) is 0.250. The molecule has 1 saturated carbocycles. The zero-order valence-electron chi connectivity index (χ0n) is 11.3. The lowest BCUT2D eigenvalue weighted by molar-refractivity contribution is 0.112. The third-order valence-electron chi connectivity index (χ3n) is 3.03. The third-order valence-corrected chi connectivity index (χ3v) is 3.03. The molecule has 0 aromatic carbocycles. The van der Waals surface area contributed by atoms with Crippen LogP contribution in [0.25, 0.3) is 0 Å². The van der Waals surface area contributed by atoms with E-state index in [1.54, 1.807) is 0 Å². The number of hydrogen-bond acceptors (Lipinski definition) is 3. The molecule has 1 aromatic rings. The van der Waals surface area contributed by atoms with Crippen LogP contribution < -0.4 is 10.1 Å². The average Bonchev–Trinajstić information content (AvgIpc) is 2.21. The molecule has 0 atom stereocenters. The van der Waals surface area contributed by atoms with Crippen molar-refractivity contribution in [2.45, 2.75) is 58.2 Å². The van der Waals surface area contributed by atoms with Gasteiger partial charge in [0.05, 0.1) is 6.20 Å². The van der Waals surface area contributed by atoms with Gasteiger partial charge in [-0.3, -0.25) is 0 Å². The van der Waals surface area contributed by atoms with E-state index in [0.717, 1.165) is 18.4 Å². The Morgan fingerprint density at radius 3 is 2.72 bits per heavy atom. The maximum atomic E-state index is 13.3. The highest BCUT2D eigenvalue weighted by Gasteiger charge is 2.21. The van der Waals surface area contributed by atoms with E-state index in [0.29, 0.717) is 12.4 Å². The topological polar surface area (TPSA) is 34.2 Å². The molecule has 0 spiro atoms. The van der Waals surface area contributed by atoms with E-state index in [1.807, 2.05) is 0 Å². The molecule has 0 radical (unpaired) electrons. The van der Waals surface area contributed by atoms with Gasteiger partial charge >= 0.3 is 0 Å². The molecular weight excluding hydrogens is 231 g/mol. The molecule has 4 heteroatoms. The fourth-order valence-electron chi connectivity index (χ4n) is 1.71. The van der Waals surface area contributed by atoms with Gasteiger partial charge in [0, 0.05) is 17.6 Å². The van der Waals surface area contributed by atoms with Gasteiger partial charge in [0.2, 0.25) is 5.88 Å². The van der Waals surface area contributed by atoms with Crippen LogP contribution >= 0.6 is 0 Å². The predicted molar refractivity (Wildman–Crippen MR) is 69.1 cm³/mol. The molecule has 0 unspecified atom stereocenters. The van der Waals surface area contributed by atoms with Gasteiger partial charge in [0.25, 0.3) is 0 Å². The summed E-state index contributed by atoms with van der Waals surface area (Å²) >= 11 is 0. The van der Waals surface area contributed by atoms with Crippen LogP contribution in [0.3, 0.4) is 0 Å². The van der Waals surface area contributed by atoms with Gasteiger partial charge < -0.3 is 10.1 Å². The zero-order chi connectivity index (χ0) is 13.2. The number of hydrogen-bond donors (Lipinski definition) is 1. The van der Waals surface area contributed by atoms with Crippen LogP contribution in [0, 0.1) is 5.82 Å². The van der Waals surface area contributed by atoms with Gasteiger partial charge in [-0.15, -0.1) is 0 Å². The summed E-state index contributed by atoms with van der Waals surface area (Å²) < 4.78 is 19.0. The van der Waals surface area contributed by atoms with E-state index in [1.165, 1.54) is 18.7 Å². The molecule has 0 saturated heterocycles. The normalized spacial score (nSPS) is 16.4. The zero-order valence-corrected chi connectivity index (χ0v) is 11.3. The van der Waals surface area contributed by atoms with Crippen molar-refractivity contribution >= 4 is 0 Å². The second kappa shape index (κ2) is 5.22. The second-order valence-corrected chi connectivity index (χ2v) is 5.89. The third kappa shape index (κ3) is 3.67.